The molecule has 3 rings (SSSR count). The van der Waals surface area contributed by atoms with Gasteiger partial charge in [-0.2, -0.15) is 0 Å². The van der Waals surface area contributed by atoms with Crippen LogP contribution < -0.4 is 5.32 Å². The normalized spacial score (nSPS) is 15.0. The molecule has 3 nitrogen and oxygen atoms in total. The molecule has 1 aliphatic carbocycles. The van der Waals surface area contributed by atoms with Crippen LogP contribution in [0.2, 0.25) is 0 Å². The van der Waals surface area contributed by atoms with Crippen molar-refractivity contribution >= 4 is 11.3 Å². The van der Waals surface area contributed by atoms with Crippen LogP contribution in [-0.4, -0.2) is 16.0 Å². The number of benzene rings is 1. The Balaban J connectivity index is 1.92. The highest BCUT2D eigenvalue weighted by atomic mass is 19.1. The van der Waals surface area contributed by atoms with E-state index in [-0.39, 0.29) is 11.9 Å². The summed E-state index contributed by atoms with van der Waals surface area (Å²) in [6.07, 6.45) is 4.49. The molecule has 120 valence electrons. The van der Waals surface area contributed by atoms with E-state index >= 15 is 0 Å². The van der Waals surface area contributed by atoms with Crippen molar-refractivity contribution in [1.82, 2.24) is 9.97 Å². The van der Waals surface area contributed by atoms with Gasteiger partial charge < -0.3 is 5.32 Å². The van der Waals surface area contributed by atoms with Gasteiger partial charge in [-0.1, -0.05) is 19.9 Å². The number of hydrogen-bond acceptors (Lipinski definition) is 3. The van der Waals surface area contributed by atoms with Gasteiger partial charge in [0.25, 0.3) is 0 Å². The number of nitrogens with one attached hydrogen (secondary N) is 1. The molecule has 1 aliphatic rings. The number of rotatable bonds is 4. The van der Waals surface area contributed by atoms with Crippen molar-refractivity contribution in [2.24, 2.45) is 5.92 Å². The van der Waals surface area contributed by atoms with Crippen LogP contribution in [0.15, 0.2) is 36.2 Å². The van der Waals surface area contributed by atoms with Crippen LogP contribution >= 0.6 is 0 Å². The first kappa shape index (κ1) is 15.7. The summed E-state index contributed by atoms with van der Waals surface area (Å²) in [5.74, 6) is 0.988. The molecule has 0 radical (unpaired) electrons. The summed E-state index contributed by atoms with van der Waals surface area (Å²) in [7, 11) is 0. The minimum atomic E-state index is -0.176. The SMILES string of the molecule is CC1=C(C(Nc2cnc(C)nc2)C(C)C)Cc2ccc(F)cc21. The molecular weight excluding hydrogens is 289 g/mol. The molecule has 1 N–H and O–H groups in total. The minimum Gasteiger partial charge on any atom is -0.376 e. The lowest BCUT2D eigenvalue weighted by Crippen LogP contribution is -2.28. The van der Waals surface area contributed by atoms with E-state index < -0.39 is 0 Å². The molecule has 2 aromatic rings. The van der Waals surface area contributed by atoms with Crippen molar-refractivity contribution in [2.45, 2.75) is 40.2 Å². The summed E-state index contributed by atoms with van der Waals surface area (Å²) >= 11 is 0. The fourth-order valence-electron chi connectivity index (χ4n) is 3.21. The summed E-state index contributed by atoms with van der Waals surface area (Å²) in [6.45, 7) is 8.34. The monoisotopic (exact) mass is 311 g/mol. The Morgan fingerprint density at radius 3 is 2.48 bits per heavy atom. The second-order valence-electron chi connectivity index (χ2n) is 6.51. The molecule has 1 unspecified atom stereocenters. The Kier molecular flexibility index (Phi) is 4.16. The van der Waals surface area contributed by atoms with Crippen LogP contribution in [-0.2, 0) is 6.42 Å². The van der Waals surface area contributed by atoms with E-state index in [9.17, 15) is 4.39 Å². The third-order valence-electron chi connectivity index (χ3n) is 4.48. The predicted octanol–water partition coefficient (Wildman–Crippen LogP) is 4.39. The van der Waals surface area contributed by atoms with E-state index in [2.05, 4.69) is 36.1 Å². The number of halogens is 1. The first-order chi connectivity index (χ1) is 11.0. The summed E-state index contributed by atoms with van der Waals surface area (Å²) in [5.41, 5.74) is 5.65. The van der Waals surface area contributed by atoms with Crippen molar-refractivity contribution in [2.75, 3.05) is 5.32 Å². The number of aryl methyl sites for hydroxylation is 1. The lowest BCUT2D eigenvalue weighted by molar-refractivity contribution is 0.573. The van der Waals surface area contributed by atoms with Crippen LogP contribution in [0.25, 0.3) is 5.57 Å². The molecule has 1 aromatic carbocycles. The van der Waals surface area contributed by atoms with Gasteiger partial charge in [0.2, 0.25) is 0 Å². The zero-order valence-electron chi connectivity index (χ0n) is 14.0. The smallest absolute Gasteiger partial charge is 0.125 e. The number of nitrogens with zero attached hydrogens (tertiary/aromatic N) is 2. The van der Waals surface area contributed by atoms with E-state index in [0.29, 0.717) is 5.92 Å². The van der Waals surface area contributed by atoms with E-state index in [1.807, 2.05) is 25.4 Å². The van der Waals surface area contributed by atoms with E-state index in [1.165, 1.54) is 16.7 Å². The molecule has 0 saturated carbocycles. The zero-order valence-corrected chi connectivity index (χ0v) is 14.0. The minimum absolute atomic E-state index is 0.176. The van der Waals surface area contributed by atoms with Crippen LogP contribution in [0.4, 0.5) is 10.1 Å². The topological polar surface area (TPSA) is 37.8 Å². The maximum absolute atomic E-state index is 13.6. The molecule has 1 aromatic heterocycles. The van der Waals surface area contributed by atoms with E-state index in [4.69, 9.17) is 0 Å². The van der Waals surface area contributed by atoms with Crippen LogP contribution in [0.5, 0.6) is 0 Å². The first-order valence-electron chi connectivity index (χ1n) is 7.99. The fraction of sp³-hybridized carbons (Fsp3) is 0.368. The van der Waals surface area contributed by atoms with Crippen molar-refractivity contribution < 1.29 is 4.39 Å². The third-order valence-corrected chi connectivity index (χ3v) is 4.48. The van der Waals surface area contributed by atoms with Gasteiger partial charge in [0.15, 0.2) is 0 Å². The number of allylic oxidation sites excluding steroid dienone is 1. The summed E-state index contributed by atoms with van der Waals surface area (Å²) in [5, 5.41) is 3.55. The van der Waals surface area contributed by atoms with Crippen LogP contribution in [0.1, 0.15) is 37.7 Å². The molecule has 0 fully saturated rings. The highest BCUT2D eigenvalue weighted by Gasteiger charge is 2.27. The average Bonchev–Trinajstić information content (AvgIpc) is 2.83. The maximum Gasteiger partial charge on any atom is 0.125 e. The largest absolute Gasteiger partial charge is 0.376 e. The van der Waals surface area contributed by atoms with Crippen molar-refractivity contribution in [1.29, 1.82) is 0 Å². The fourth-order valence-corrected chi connectivity index (χ4v) is 3.21. The third kappa shape index (κ3) is 3.11. The van der Waals surface area contributed by atoms with Gasteiger partial charge in [0, 0.05) is 0 Å². The van der Waals surface area contributed by atoms with Gasteiger partial charge in [0.05, 0.1) is 24.1 Å². The summed E-state index contributed by atoms with van der Waals surface area (Å²) in [6, 6.07) is 5.26. The summed E-state index contributed by atoms with van der Waals surface area (Å²) in [4.78, 5) is 8.50. The Hall–Kier alpha value is -2.23. The summed E-state index contributed by atoms with van der Waals surface area (Å²) < 4.78 is 13.6. The highest BCUT2D eigenvalue weighted by Crippen LogP contribution is 2.37. The second-order valence-corrected chi connectivity index (χ2v) is 6.51. The Bertz CT molecular complexity index is 748. The van der Waals surface area contributed by atoms with Crippen LogP contribution in [0.3, 0.4) is 0 Å². The molecule has 1 heterocycles. The quantitative estimate of drug-likeness (QED) is 0.910. The van der Waals surface area contributed by atoms with Crippen molar-refractivity contribution in [3.05, 3.63) is 58.9 Å². The maximum atomic E-state index is 13.6. The molecule has 0 saturated heterocycles. The van der Waals surface area contributed by atoms with Gasteiger partial charge in [-0.25, -0.2) is 14.4 Å². The van der Waals surface area contributed by atoms with Crippen LogP contribution in [0, 0.1) is 18.7 Å². The number of fused-ring (bicyclic) bond motifs is 1. The van der Waals surface area contributed by atoms with E-state index in [0.717, 1.165) is 23.5 Å². The molecule has 23 heavy (non-hydrogen) atoms. The molecule has 1 atom stereocenters. The van der Waals surface area contributed by atoms with E-state index in [1.54, 1.807) is 12.1 Å². The van der Waals surface area contributed by atoms with Gasteiger partial charge in [-0.3, -0.25) is 0 Å². The Labute approximate surface area is 136 Å². The lowest BCUT2D eigenvalue weighted by Gasteiger charge is -2.26. The molecule has 0 spiro atoms. The van der Waals surface area contributed by atoms with Gasteiger partial charge in [-0.05, 0) is 60.6 Å². The number of anilines is 1. The second kappa shape index (κ2) is 6.11. The number of hydrogen-bond donors (Lipinski definition) is 1. The average molecular weight is 311 g/mol. The van der Waals surface area contributed by atoms with Gasteiger partial charge in [0.1, 0.15) is 11.6 Å². The van der Waals surface area contributed by atoms with Gasteiger partial charge >= 0.3 is 0 Å². The molecule has 0 aliphatic heterocycles. The number of aromatic nitrogens is 2. The lowest BCUT2D eigenvalue weighted by atomic mass is 9.92. The highest BCUT2D eigenvalue weighted by molar-refractivity contribution is 5.76. The van der Waals surface area contributed by atoms with Crippen molar-refractivity contribution in [3.8, 4) is 0 Å². The Morgan fingerprint density at radius 2 is 1.83 bits per heavy atom. The molecule has 0 bridgehead atoms. The molecule has 0 amide bonds. The first-order valence-corrected chi connectivity index (χ1v) is 7.99. The zero-order chi connectivity index (χ0) is 16.6. The van der Waals surface area contributed by atoms with Crippen molar-refractivity contribution in [3.63, 3.8) is 0 Å². The predicted molar refractivity (Wildman–Crippen MR) is 91.7 cm³/mol. The molecular formula is C19H22FN3. The molecule has 4 heteroatoms. The standard InChI is InChI=1S/C19H22FN3/c1-11(2)19(23-16-9-21-13(4)22-10-16)18-7-14-5-6-15(20)8-17(14)12(18)3/h5-6,8-11,19,23H,7H2,1-4H3. The Morgan fingerprint density at radius 1 is 1.13 bits per heavy atom. The van der Waals surface area contributed by atoms with Gasteiger partial charge in [-0.15, -0.1) is 0 Å².